The van der Waals surface area contributed by atoms with Gasteiger partial charge >= 0.3 is 5.97 Å². The number of rotatable bonds is 10. The van der Waals surface area contributed by atoms with Gasteiger partial charge in [-0.05, 0) is 49.2 Å². The summed E-state index contributed by atoms with van der Waals surface area (Å²) < 4.78 is 11.1. The Bertz CT molecular complexity index is 685. The third-order valence-corrected chi connectivity index (χ3v) is 3.55. The molecule has 0 saturated heterocycles. The fourth-order valence-corrected chi connectivity index (χ4v) is 2.32. The van der Waals surface area contributed by atoms with Gasteiger partial charge in [0.25, 0.3) is 0 Å². The van der Waals surface area contributed by atoms with E-state index in [1.165, 1.54) is 0 Å². The van der Waals surface area contributed by atoms with Crippen molar-refractivity contribution in [3.05, 3.63) is 65.2 Å². The van der Waals surface area contributed by atoms with E-state index in [1.54, 1.807) is 18.2 Å². The molecule has 5 heteroatoms. The fourth-order valence-electron chi connectivity index (χ4n) is 2.32. The molecule has 0 unspecified atom stereocenters. The number of carbonyl (C=O) groups is 1. The van der Waals surface area contributed by atoms with Crippen LogP contribution in [0.15, 0.2) is 48.5 Å². The molecular weight excluding hydrogens is 318 g/mol. The molecule has 134 valence electrons. The molecule has 0 bridgehead atoms. The Balaban J connectivity index is 1.82. The van der Waals surface area contributed by atoms with Crippen molar-refractivity contribution in [1.29, 1.82) is 0 Å². The standard InChI is InChI=1S/C20H25NO4/c1-15(2)25-10-9-24-14-17-6-4-8-19(12-17)21-13-16-5-3-7-18(11-16)20(22)23/h3-8,11-12,15,21H,9-10,13-14H2,1-2H3,(H,22,23). The second-order valence-electron chi connectivity index (χ2n) is 6.03. The van der Waals surface area contributed by atoms with E-state index in [9.17, 15) is 4.79 Å². The van der Waals surface area contributed by atoms with Crippen molar-refractivity contribution in [1.82, 2.24) is 0 Å². The summed E-state index contributed by atoms with van der Waals surface area (Å²) in [6.07, 6.45) is 0.218. The van der Waals surface area contributed by atoms with Crippen LogP contribution in [0.3, 0.4) is 0 Å². The molecule has 25 heavy (non-hydrogen) atoms. The first kappa shape index (κ1) is 19.0. The van der Waals surface area contributed by atoms with Crippen LogP contribution in [0.4, 0.5) is 5.69 Å². The molecule has 0 aromatic heterocycles. The molecule has 2 aromatic carbocycles. The first-order valence-electron chi connectivity index (χ1n) is 8.39. The normalized spacial score (nSPS) is 10.8. The summed E-state index contributed by atoms with van der Waals surface area (Å²) in [5, 5.41) is 12.3. The minimum atomic E-state index is -0.914. The maximum atomic E-state index is 11.0. The maximum Gasteiger partial charge on any atom is 0.335 e. The van der Waals surface area contributed by atoms with E-state index in [1.807, 2.05) is 44.2 Å². The van der Waals surface area contributed by atoms with Gasteiger partial charge in [0, 0.05) is 12.2 Å². The molecule has 0 spiro atoms. The highest BCUT2D eigenvalue weighted by Gasteiger charge is 2.03. The monoisotopic (exact) mass is 343 g/mol. The van der Waals surface area contributed by atoms with Gasteiger partial charge in [-0.25, -0.2) is 4.79 Å². The minimum Gasteiger partial charge on any atom is -0.478 e. The zero-order valence-electron chi connectivity index (χ0n) is 14.7. The molecule has 0 aliphatic rings. The predicted octanol–water partition coefficient (Wildman–Crippen LogP) is 3.94. The summed E-state index contributed by atoms with van der Waals surface area (Å²) in [6.45, 7) is 6.26. The van der Waals surface area contributed by atoms with Crippen LogP contribution in [0.1, 0.15) is 35.3 Å². The van der Waals surface area contributed by atoms with Crippen molar-refractivity contribution < 1.29 is 19.4 Å². The SMILES string of the molecule is CC(C)OCCOCc1cccc(NCc2cccc(C(=O)O)c2)c1. The first-order chi connectivity index (χ1) is 12.0. The number of aromatic carboxylic acids is 1. The van der Waals surface area contributed by atoms with E-state index in [0.29, 0.717) is 31.9 Å². The van der Waals surface area contributed by atoms with Gasteiger partial charge < -0.3 is 19.9 Å². The number of benzene rings is 2. The second-order valence-corrected chi connectivity index (χ2v) is 6.03. The van der Waals surface area contributed by atoms with Gasteiger partial charge in [0.05, 0.1) is 31.5 Å². The first-order valence-corrected chi connectivity index (χ1v) is 8.39. The van der Waals surface area contributed by atoms with Gasteiger partial charge in [-0.2, -0.15) is 0 Å². The van der Waals surface area contributed by atoms with Crippen molar-refractivity contribution in [3.8, 4) is 0 Å². The quantitative estimate of drug-likeness (QED) is 0.640. The molecule has 2 aromatic rings. The number of carboxylic acid groups (broad SMARTS) is 1. The van der Waals surface area contributed by atoms with E-state index < -0.39 is 5.97 Å². The number of nitrogens with one attached hydrogen (secondary N) is 1. The van der Waals surface area contributed by atoms with Crippen molar-refractivity contribution in [2.24, 2.45) is 0 Å². The lowest BCUT2D eigenvalue weighted by atomic mass is 10.1. The number of carboxylic acids is 1. The third kappa shape index (κ3) is 6.95. The molecule has 0 heterocycles. The predicted molar refractivity (Wildman–Crippen MR) is 97.9 cm³/mol. The number of hydrogen-bond donors (Lipinski definition) is 2. The van der Waals surface area contributed by atoms with Crippen LogP contribution in [0.2, 0.25) is 0 Å². The minimum absolute atomic E-state index is 0.218. The molecule has 0 aliphatic heterocycles. The molecule has 0 fully saturated rings. The van der Waals surface area contributed by atoms with Crippen LogP contribution < -0.4 is 5.32 Å². The number of ether oxygens (including phenoxy) is 2. The fraction of sp³-hybridized carbons (Fsp3) is 0.350. The van der Waals surface area contributed by atoms with Gasteiger partial charge in [0.15, 0.2) is 0 Å². The molecule has 0 saturated carbocycles. The number of anilines is 1. The van der Waals surface area contributed by atoms with Gasteiger partial charge in [0.2, 0.25) is 0 Å². The Labute approximate surface area is 148 Å². The molecule has 0 aliphatic carbocycles. The molecule has 2 N–H and O–H groups in total. The lowest BCUT2D eigenvalue weighted by molar-refractivity contribution is 0.0143. The Morgan fingerprint density at radius 3 is 2.60 bits per heavy atom. The lowest BCUT2D eigenvalue weighted by Crippen LogP contribution is -2.09. The summed E-state index contributed by atoms with van der Waals surface area (Å²) in [6, 6.07) is 14.9. The second kappa shape index (κ2) is 9.81. The number of hydrogen-bond acceptors (Lipinski definition) is 4. The molecule has 0 amide bonds. The van der Waals surface area contributed by atoms with Gasteiger partial charge in [-0.3, -0.25) is 0 Å². The summed E-state index contributed by atoms with van der Waals surface area (Å²) >= 11 is 0. The lowest BCUT2D eigenvalue weighted by Gasteiger charge is -2.10. The highest BCUT2D eigenvalue weighted by Crippen LogP contribution is 2.14. The summed E-state index contributed by atoms with van der Waals surface area (Å²) in [5.41, 5.74) is 3.27. The van der Waals surface area contributed by atoms with E-state index in [0.717, 1.165) is 16.8 Å². The summed E-state index contributed by atoms with van der Waals surface area (Å²) in [4.78, 5) is 11.0. The van der Waals surface area contributed by atoms with Gasteiger partial charge in [0.1, 0.15) is 0 Å². The average molecular weight is 343 g/mol. The maximum absolute atomic E-state index is 11.0. The topological polar surface area (TPSA) is 67.8 Å². The van der Waals surface area contributed by atoms with Gasteiger partial charge in [-0.1, -0.05) is 24.3 Å². The van der Waals surface area contributed by atoms with Crippen LogP contribution in [-0.2, 0) is 22.6 Å². The molecular formula is C20H25NO4. The summed E-state index contributed by atoms with van der Waals surface area (Å²) in [7, 11) is 0. The largest absolute Gasteiger partial charge is 0.478 e. The Morgan fingerprint density at radius 2 is 1.84 bits per heavy atom. The van der Waals surface area contributed by atoms with Crippen molar-refractivity contribution in [2.75, 3.05) is 18.5 Å². The molecule has 0 radical (unpaired) electrons. The van der Waals surface area contributed by atoms with Crippen LogP contribution in [0, 0.1) is 0 Å². The van der Waals surface area contributed by atoms with E-state index in [4.69, 9.17) is 14.6 Å². The Kier molecular flexibility index (Phi) is 7.44. The van der Waals surface area contributed by atoms with Crippen LogP contribution in [0.25, 0.3) is 0 Å². The van der Waals surface area contributed by atoms with E-state index >= 15 is 0 Å². The molecule has 5 nitrogen and oxygen atoms in total. The van der Waals surface area contributed by atoms with Crippen LogP contribution in [0.5, 0.6) is 0 Å². The van der Waals surface area contributed by atoms with E-state index in [2.05, 4.69) is 5.32 Å². The Morgan fingerprint density at radius 1 is 1.08 bits per heavy atom. The van der Waals surface area contributed by atoms with Crippen LogP contribution >= 0.6 is 0 Å². The Hall–Kier alpha value is -2.37. The molecule has 0 atom stereocenters. The summed E-state index contributed by atoms with van der Waals surface area (Å²) in [5.74, 6) is -0.914. The zero-order valence-corrected chi connectivity index (χ0v) is 14.7. The zero-order chi connectivity index (χ0) is 18.1. The smallest absolute Gasteiger partial charge is 0.335 e. The van der Waals surface area contributed by atoms with Crippen molar-refractivity contribution in [2.45, 2.75) is 33.1 Å². The highest BCUT2D eigenvalue weighted by molar-refractivity contribution is 5.87. The third-order valence-electron chi connectivity index (χ3n) is 3.55. The van der Waals surface area contributed by atoms with Crippen molar-refractivity contribution >= 4 is 11.7 Å². The van der Waals surface area contributed by atoms with Crippen molar-refractivity contribution in [3.63, 3.8) is 0 Å². The van der Waals surface area contributed by atoms with Crippen LogP contribution in [-0.4, -0.2) is 30.4 Å². The van der Waals surface area contributed by atoms with Gasteiger partial charge in [-0.15, -0.1) is 0 Å². The highest BCUT2D eigenvalue weighted by atomic mass is 16.5. The van der Waals surface area contributed by atoms with E-state index in [-0.39, 0.29) is 6.10 Å². The molecule has 2 rings (SSSR count). The average Bonchev–Trinajstić information content (AvgIpc) is 2.60.